The first-order valence-electron chi connectivity index (χ1n) is 2.65. The molecule has 0 radical (unpaired) electrons. The van der Waals surface area contributed by atoms with E-state index in [1.807, 2.05) is 0 Å². The van der Waals surface area contributed by atoms with Crippen LogP contribution in [0.4, 0.5) is 0 Å². The first kappa shape index (κ1) is 23.2. The summed E-state index contributed by atoms with van der Waals surface area (Å²) in [6.45, 7) is 0.419. The van der Waals surface area contributed by atoms with Crippen LogP contribution in [-0.4, -0.2) is 45.1 Å². The van der Waals surface area contributed by atoms with Gasteiger partial charge in [-0.3, -0.25) is 0 Å². The van der Waals surface area contributed by atoms with E-state index in [2.05, 4.69) is 0 Å². The Morgan fingerprint density at radius 2 is 1.38 bits per heavy atom. The van der Waals surface area contributed by atoms with E-state index < -0.39 is 24.6 Å². The quantitative estimate of drug-likeness (QED) is 0.462. The van der Waals surface area contributed by atoms with Gasteiger partial charge in [-0.25, -0.2) is 9.59 Å². The molecule has 0 aromatic heterocycles. The van der Waals surface area contributed by atoms with Crippen molar-refractivity contribution < 1.29 is 69.0 Å². The van der Waals surface area contributed by atoms with Crippen molar-refractivity contribution in [2.24, 2.45) is 0 Å². The van der Waals surface area contributed by atoms with Crippen LogP contribution in [0.15, 0.2) is 0 Å². The Bertz CT molecular complexity index is 137. The molecule has 8 heteroatoms. The second kappa shape index (κ2) is 14.6. The fourth-order valence-corrected chi connectivity index (χ4v) is 0. The van der Waals surface area contributed by atoms with Crippen LogP contribution in [0, 0.1) is 0 Å². The minimum Gasteiger partial charge on any atom is -0.480 e. The van der Waals surface area contributed by atoms with Crippen LogP contribution in [0.25, 0.3) is 0 Å². The monoisotopic (exact) mass is 294 g/mol. The van der Waals surface area contributed by atoms with E-state index in [-0.39, 0.29) is 39.0 Å². The maximum Gasteiger partial charge on any atom is 0.332 e. The van der Waals surface area contributed by atoms with Gasteiger partial charge in [0, 0.05) is 39.0 Å². The van der Waals surface area contributed by atoms with E-state index in [9.17, 15) is 4.79 Å². The van der Waals surface area contributed by atoms with E-state index >= 15 is 0 Å². The summed E-state index contributed by atoms with van der Waals surface area (Å²) >= 11 is 0. The maximum atomic E-state index is 9.45. The number of hydrogen-bond acceptors (Lipinski definition) is 4. The molecule has 0 aliphatic carbocycles. The minimum absolute atomic E-state index is 0. The molecule has 0 aromatic rings. The van der Waals surface area contributed by atoms with Gasteiger partial charge in [-0.1, -0.05) is 0 Å². The van der Waals surface area contributed by atoms with Gasteiger partial charge in [0.2, 0.25) is 0 Å². The second-order valence-corrected chi connectivity index (χ2v) is 1.57. The first-order valence-corrected chi connectivity index (χ1v) is 2.65. The topological polar surface area (TPSA) is 115 Å². The molecule has 0 heterocycles. The molecule has 13 heavy (non-hydrogen) atoms. The number of aliphatic carboxylic acids is 2. The van der Waals surface area contributed by atoms with Gasteiger partial charge in [-0.15, -0.1) is 0 Å². The van der Waals surface area contributed by atoms with Gasteiger partial charge >= 0.3 is 11.9 Å². The Kier molecular flexibility index (Phi) is 26.1. The van der Waals surface area contributed by atoms with Gasteiger partial charge in [-0.05, 0) is 6.92 Å². The average Bonchev–Trinajstić information content (AvgIpc) is 1.89. The molecule has 1 unspecified atom stereocenters. The van der Waals surface area contributed by atoms with Gasteiger partial charge in [0.15, 0.2) is 0 Å². The summed E-state index contributed by atoms with van der Waals surface area (Å²) in [5.41, 5.74) is 0. The molecule has 0 spiro atoms. The van der Waals surface area contributed by atoms with Crippen molar-refractivity contribution in [3.63, 3.8) is 0 Å². The molecule has 6 nitrogen and oxygen atoms in total. The van der Waals surface area contributed by atoms with Gasteiger partial charge in [0.25, 0.3) is 0 Å². The number of carbonyl (C=O) groups is 2. The average molecular weight is 297 g/mol. The fraction of sp³-hybridized carbons (Fsp3) is 0.600. The van der Waals surface area contributed by atoms with Crippen LogP contribution in [0.2, 0.25) is 0 Å². The number of rotatable bonds is 2. The zero-order chi connectivity index (χ0) is 9.44. The molecular weight excluding hydrogens is 287 g/mol. The van der Waals surface area contributed by atoms with E-state index in [0.29, 0.717) is 0 Å². The molecule has 4 N–H and O–H groups in total. The summed E-state index contributed by atoms with van der Waals surface area (Å²) in [4.78, 5) is 18.6. The van der Waals surface area contributed by atoms with Crippen LogP contribution >= 0.6 is 0 Å². The predicted octanol–water partition coefficient (Wildman–Crippen LogP) is -1.49. The first-order chi connectivity index (χ1) is 4.91. The molecule has 1 atom stereocenters. The molecule has 0 fully saturated rings. The summed E-state index contributed by atoms with van der Waals surface area (Å²) in [5, 5.41) is 30.8. The van der Waals surface area contributed by atoms with Crippen molar-refractivity contribution in [2.75, 3.05) is 6.61 Å². The van der Waals surface area contributed by atoms with Gasteiger partial charge in [0.05, 0.1) is 0 Å². The molecular formula is C5H10O6Zn2. The smallest absolute Gasteiger partial charge is 0.332 e. The van der Waals surface area contributed by atoms with Crippen molar-refractivity contribution in [2.45, 2.75) is 13.0 Å². The van der Waals surface area contributed by atoms with Crippen LogP contribution in [0.3, 0.4) is 0 Å². The Labute approximate surface area is 100 Å². The van der Waals surface area contributed by atoms with Crippen molar-refractivity contribution in [3.8, 4) is 0 Å². The van der Waals surface area contributed by atoms with Gasteiger partial charge in [0.1, 0.15) is 12.7 Å². The second-order valence-electron chi connectivity index (χ2n) is 1.57. The van der Waals surface area contributed by atoms with Gasteiger partial charge < -0.3 is 20.4 Å². The van der Waals surface area contributed by atoms with E-state index in [1.165, 1.54) is 6.92 Å². The van der Waals surface area contributed by atoms with Crippen LogP contribution in [0.5, 0.6) is 0 Å². The molecule has 0 saturated carbocycles. The van der Waals surface area contributed by atoms with E-state index in [1.54, 1.807) is 0 Å². The normalized spacial score (nSPS) is 9.15. The number of aliphatic hydroxyl groups is 2. The largest absolute Gasteiger partial charge is 0.480 e. The zero-order valence-electron chi connectivity index (χ0n) is 7.30. The van der Waals surface area contributed by atoms with Crippen LogP contribution < -0.4 is 0 Å². The van der Waals surface area contributed by atoms with Crippen LogP contribution in [0.1, 0.15) is 6.92 Å². The third-order valence-corrected chi connectivity index (χ3v) is 0.493. The van der Waals surface area contributed by atoms with Crippen molar-refractivity contribution in [1.29, 1.82) is 0 Å². The molecule has 0 saturated heterocycles. The molecule has 0 aliphatic heterocycles. The third-order valence-electron chi connectivity index (χ3n) is 0.493. The zero-order valence-corrected chi connectivity index (χ0v) is 13.2. The Morgan fingerprint density at radius 3 is 1.38 bits per heavy atom. The fourth-order valence-electron chi connectivity index (χ4n) is 0. The summed E-state index contributed by atoms with van der Waals surface area (Å²) in [7, 11) is 0. The number of carboxylic acids is 2. The Hall–Kier alpha value is 0.107. The predicted molar refractivity (Wildman–Crippen MR) is 34.0 cm³/mol. The summed E-state index contributed by atoms with van der Waals surface area (Å²) < 4.78 is 0. The maximum absolute atomic E-state index is 9.45. The number of hydrogen-bond donors (Lipinski definition) is 4. The Balaban J connectivity index is -0.0000000546. The summed E-state index contributed by atoms with van der Waals surface area (Å²) in [6.07, 6.45) is -1.23. The molecule has 0 aromatic carbocycles. The molecule has 0 aliphatic rings. The van der Waals surface area contributed by atoms with Gasteiger partial charge in [-0.2, -0.15) is 0 Å². The van der Waals surface area contributed by atoms with Crippen molar-refractivity contribution >= 4 is 11.9 Å². The third kappa shape index (κ3) is 33.2. The molecule has 0 amide bonds. The standard InChI is InChI=1S/C3H6O3.C2H4O3.2Zn/c1-2(4)3(5)6;3-1-2(4)5;;/h2,4H,1H3,(H,5,6);3H,1H2,(H,4,5);;. The Morgan fingerprint density at radius 1 is 1.23 bits per heavy atom. The molecule has 70 valence electrons. The summed E-state index contributed by atoms with van der Waals surface area (Å²) in [5.74, 6) is -2.37. The molecule has 0 rings (SSSR count). The van der Waals surface area contributed by atoms with E-state index in [4.69, 9.17) is 25.2 Å². The minimum atomic E-state index is -1.23. The van der Waals surface area contributed by atoms with Crippen LogP contribution in [-0.2, 0) is 48.5 Å². The van der Waals surface area contributed by atoms with Crippen molar-refractivity contribution in [3.05, 3.63) is 0 Å². The number of carboxylic acid groups (broad SMARTS) is 2. The van der Waals surface area contributed by atoms with E-state index in [0.717, 1.165) is 0 Å². The number of aliphatic hydroxyl groups excluding tert-OH is 2. The molecule has 0 bridgehead atoms. The summed E-state index contributed by atoms with van der Waals surface area (Å²) in [6, 6.07) is 0. The SMILES string of the molecule is CC(O)C(=O)O.O=C(O)CO.[Zn].[Zn]. The van der Waals surface area contributed by atoms with Crippen molar-refractivity contribution in [1.82, 2.24) is 0 Å².